The second-order valence-corrected chi connectivity index (χ2v) is 3.37. The average Bonchev–Trinajstić information content (AvgIpc) is 2.14. The lowest BCUT2D eigenvalue weighted by atomic mass is 10.4. The van der Waals surface area contributed by atoms with E-state index in [1.54, 1.807) is 17.8 Å². The zero-order valence-electron chi connectivity index (χ0n) is 6.81. The molecule has 0 radical (unpaired) electrons. The summed E-state index contributed by atoms with van der Waals surface area (Å²) in [6.45, 7) is 0.134. The van der Waals surface area contributed by atoms with E-state index in [2.05, 4.69) is 12.1 Å². The molecule has 0 saturated carbocycles. The van der Waals surface area contributed by atoms with Crippen LogP contribution in [0.5, 0.6) is 0 Å². The summed E-state index contributed by atoms with van der Waals surface area (Å²) in [7, 11) is 0. The summed E-state index contributed by atoms with van der Waals surface area (Å²) in [5.41, 5.74) is 0. The van der Waals surface area contributed by atoms with Gasteiger partial charge >= 0.3 is 0 Å². The number of aliphatic hydroxyl groups is 1. The topological polar surface area (TPSA) is 20.2 Å². The van der Waals surface area contributed by atoms with Gasteiger partial charge in [0.1, 0.15) is 0 Å². The van der Waals surface area contributed by atoms with Crippen molar-refractivity contribution in [3.05, 3.63) is 42.5 Å². The van der Waals surface area contributed by atoms with E-state index in [1.165, 1.54) is 4.90 Å². The largest absolute Gasteiger partial charge is 0.392 e. The number of benzene rings is 1. The SMILES string of the molecule is OCC=CCSc1ccccc1. The van der Waals surface area contributed by atoms with Crippen molar-refractivity contribution in [3.63, 3.8) is 0 Å². The van der Waals surface area contributed by atoms with Crippen LogP contribution in [0.3, 0.4) is 0 Å². The normalized spacial score (nSPS) is 10.8. The van der Waals surface area contributed by atoms with Crippen molar-refractivity contribution in [2.45, 2.75) is 4.90 Å². The van der Waals surface area contributed by atoms with Crippen LogP contribution in [0.4, 0.5) is 0 Å². The molecule has 0 bridgehead atoms. The predicted molar refractivity (Wildman–Crippen MR) is 53.4 cm³/mol. The Hall–Kier alpha value is -0.730. The molecule has 0 heterocycles. The van der Waals surface area contributed by atoms with Crippen molar-refractivity contribution < 1.29 is 5.11 Å². The van der Waals surface area contributed by atoms with Crippen LogP contribution in [0.25, 0.3) is 0 Å². The Morgan fingerprint density at radius 1 is 1.17 bits per heavy atom. The molecular formula is C10H12OS. The molecule has 0 saturated heterocycles. The number of rotatable bonds is 4. The van der Waals surface area contributed by atoms with Crippen LogP contribution in [0, 0.1) is 0 Å². The predicted octanol–water partition coefficient (Wildman–Crippen LogP) is 2.33. The van der Waals surface area contributed by atoms with E-state index in [4.69, 9.17) is 5.11 Å². The summed E-state index contributed by atoms with van der Waals surface area (Å²) >= 11 is 1.76. The van der Waals surface area contributed by atoms with Crippen LogP contribution >= 0.6 is 11.8 Å². The maximum absolute atomic E-state index is 8.47. The molecule has 1 N–H and O–H groups in total. The first-order valence-electron chi connectivity index (χ1n) is 3.87. The van der Waals surface area contributed by atoms with Crippen molar-refractivity contribution in [1.29, 1.82) is 0 Å². The Balaban J connectivity index is 2.29. The lowest BCUT2D eigenvalue weighted by Crippen LogP contribution is -1.75. The average molecular weight is 180 g/mol. The van der Waals surface area contributed by atoms with E-state index in [0.717, 1.165) is 5.75 Å². The Kier molecular flexibility index (Phi) is 4.57. The molecule has 1 aromatic carbocycles. The van der Waals surface area contributed by atoms with Gasteiger partial charge in [-0.2, -0.15) is 0 Å². The second kappa shape index (κ2) is 5.86. The Morgan fingerprint density at radius 3 is 2.58 bits per heavy atom. The zero-order valence-corrected chi connectivity index (χ0v) is 7.63. The molecule has 0 aliphatic rings. The van der Waals surface area contributed by atoms with E-state index < -0.39 is 0 Å². The summed E-state index contributed by atoms with van der Waals surface area (Å²) in [5.74, 6) is 0.921. The van der Waals surface area contributed by atoms with Crippen LogP contribution in [0.2, 0.25) is 0 Å². The highest BCUT2D eigenvalue weighted by molar-refractivity contribution is 7.99. The smallest absolute Gasteiger partial charge is 0.0612 e. The van der Waals surface area contributed by atoms with Gasteiger partial charge in [0.05, 0.1) is 6.61 Å². The first-order chi connectivity index (χ1) is 5.93. The van der Waals surface area contributed by atoms with Gasteiger partial charge in [-0.3, -0.25) is 0 Å². The van der Waals surface area contributed by atoms with E-state index in [1.807, 2.05) is 24.3 Å². The van der Waals surface area contributed by atoms with Gasteiger partial charge in [0.2, 0.25) is 0 Å². The molecule has 0 unspecified atom stereocenters. The van der Waals surface area contributed by atoms with Gasteiger partial charge in [0, 0.05) is 10.6 Å². The van der Waals surface area contributed by atoms with Crippen molar-refractivity contribution in [2.24, 2.45) is 0 Å². The third kappa shape index (κ3) is 3.60. The van der Waals surface area contributed by atoms with E-state index in [9.17, 15) is 0 Å². The Bertz CT molecular complexity index is 231. The van der Waals surface area contributed by atoms with E-state index >= 15 is 0 Å². The maximum Gasteiger partial charge on any atom is 0.0612 e. The molecule has 1 rings (SSSR count). The highest BCUT2D eigenvalue weighted by atomic mass is 32.2. The van der Waals surface area contributed by atoms with Gasteiger partial charge in [-0.25, -0.2) is 0 Å². The number of hydrogen-bond donors (Lipinski definition) is 1. The van der Waals surface area contributed by atoms with E-state index in [0.29, 0.717) is 0 Å². The van der Waals surface area contributed by atoms with Gasteiger partial charge in [-0.05, 0) is 12.1 Å². The van der Waals surface area contributed by atoms with Crippen LogP contribution in [-0.2, 0) is 0 Å². The minimum atomic E-state index is 0.134. The summed E-state index contributed by atoms with van der Waals surface area (Å²) in [6, 6.07) is 10.2. The Morgan fingerprint density at radius 2 is 1.92 bits per heavy atom. The molecule has 64 valence electrons. The van der Waals surface area contributed by atoms with Crippen LogP contribution in [0.15, 0.2) is 47.4 Å². The highest BCUT2D eigenvalue weighted by Gasteiger charge is 1.87. The lowest BCUT2D eigenvalue weighted by molar-refractivity contribution is 0.342. The third-order valence-electron chi connectivity index (χ3n) is 1.36. The van der Waals surface area contributed by atoms with Gasteiger partial charge in [-0.15, -0.1) is 11.8 Å². The van der Waals surface area contributed by atoms with Gasteiger partial charge < -0.3 is 5.11 Å². The quantitative estimate of drug-likeness (QED) is 0.567. The molecule has 1 nitrogen and oxygen atoms in total. The fraction of sp³-hybridized carbons (Fsp3) is 0.200. The first kappa shape index (κ1) is 9.36. The minimum absolute atomic E-state index is 0.134. The van der Waals surface area contributed by atoms with Gasteiger partial charge in [0.15, 0.2) is 0 Å². The maximum atomic E-state index is 8.47. The summed E-state index contributed by atoms with van der Waals surface area (Å²) in [5, 5.41) is 8.47. The van der Waals surface area contributed by atoms with Gasteiger partial charge in [0.25, 0.3) is 0 Å². The molecule has 2 heteroatoms. The van der Waals surface area contributed by atoms with Crippen LogP contribution in [-0.4, -0.2) is 17.5 Å². The molecule has 0 aromatic heterocycles. The van der Waals surface area contributed by atoms with Crippen molar-refractivity contribution in [3.8, 4) is 0 Å². The second-order valence-electron chi connectivity index (χ2n) is 2.28. The van der Waals surface area contributed by atoms with E-state index in [-0.39, 0.29) is 6.61 Å². The number of thioether (sulfide) groups is 1. The molecular weight excluding hydrogens is 168 g/mol. The summed E-state index contributed by atoms with van der Waals surface area (Å²) in [4.78, 5) is 1.26. The molecule has 0 aliphatic carbocycles. The van der Waals surface area contributed by atoms with Crippen molar-refractivity contribution in [2.75, 3.05) is 12.4 Å². The Labute approximate surface area is 77.1 Å². The highest BCUT2D eigenvalue weighted by Crippen LogP contribution is 2.16. The lowest BCUT2D eigenvalue weighted by Gasteiger charge is -1.95. The molecule has 0 amide bonds. The molecule has 0 aliphatic heterocycles. The van der Waals surface area contributed by atoms with Crippen LogP contribution < -0.4 is 0 Å². The fourth-order valence-corrected chi connectivity index (χ4v) is 1.58. The molecule has 12 heavy (non-hydrogen) atoms. The zero-order chi connectivity index (χ0) is 8.65. The third-order valence-corrected chi connectivity index (χ3v) is 2.33. The number of aliphatic hydroxyl groups excluding tert-OH is 1. The van der Waals surface area contributed by atoms with Crippen molar-refractivity contribution >= 4 is 11.8 Å². The molecule has 1 aromatic rings. The molecule has 0 fully saturated rings. The summed E-state index contributed by atoms with van der Waals surface area (Å²) in [6.07, 6.45) is 3.73. The number of hydrogen-bond acceptors (Lipinski definition) is 2. The first-order valence-corrected chi connectivity index (χ1v) is 4.86. The summed E-state index contributed by atoms with van der Waals surface area (Å²) < 4.78 is 0. The van der Waals surface area contributed by atoms with Gasteiger partial charge in [-0.1, -0.05) is 30.4 Å². The standard InChI is InChI=1S/C10H12OS/c11-8-4-5-9-12-10-6-2-1-3-7-10/h1-7,11H,8-9H2. The van der Waals surface area contributed by atoms with Crippen LogP contribution in [0.1, 0.15) is 0 Å². The van der Waals surface area contributed by atoms with Crippen molar-refractivity contribution in [1.82, 2.24) is 0 Å². The fourth-order valence-electron chi connectivity index (χ4n) is 0.804. The molecule has 0 atom stereocenters. The minimum Gasteiger partial charge on any atom is -0.392 e. The monoisotopic (exact) mass is 180 g/mol. The molecule has 0 spiro atoms.